The summed E-state index contributed by atoms with van der Waals surface area (Å²) in [5.74, 6) is 0.397. The Hall–Kier alpha value is -0.480. The summed E-state index contributed by atoms with van der Waals surface area (Å²) in [5, 5.41) is 6.83. The Morgan fingerprint density at radius 1 is 1.25 bits per heavy atom. The molecule has 0 saturated carbocycles. The van der Waals surface area contributed by atoms with Gasteiger partial charge in [-0.15, -0.1) is 22.9 Å². The maximum absolute atomic E-state index is 6.02. The molecule has 0 aliphatic carbocycles. The van der Waals surface area contributed by atoms with Gasteiger partial charge in [-0.1, -0.05) is 29.3 Å². The van der Waals surface area contributed by atoms with Crippen LogP contribution in [0.15, 0.2) is 23.6 Å². The molecule has 0 unspecified atom stereocenters. The highest BCUT2D eigenvalue weighted by Gasteiger charge is 2.07. The molecule has 0 aliphatic rings. The van der Waals surface area contributed by atoms with Crippen molar-refractivity contribution >= 4 is 57.0 Å². The predicted molar refractivity (Wildman–Crippen MR) is 71.4 cm³/mol. The first-order valence-electron chi connectivity index (χ1n) is 4.42. The SMILES string of the molecule is ClCc1csc(Nc2c(Cl)cccc2Cl)n1. The van der Waals surface area contributed by atoms with Gasteiger partial charge >= 0.3 is 0 Å². The molecule has 0 spiro atoms. The maximum atomic E-state index is 6.02. The molecule has 0 aliphatic heterocycles. The summed E-state index contributed by atoms with van der Waals surface area (Å²) in [7, 11) is 0. The lowest BCUT2D eigenvalue weighted by atomic mass is 10.3. The first kappa shape index (κ1) is 12.0. The number of nitrogens with zero attached hydrogens (tertiary/aromatic N) is 1. The van der Waals surface area contributed by atoms with Crippen molar-refractivity contribution in [3.63, 3.8) is 0 Å². The fourth-order valence-electron chi connectivity index (χ4n) is 1.15. The number of anilines is 2. The number of rotatable bonds is 3. The molecule has 2 nitrogen and oxygen atoms in total. The number of hydrogen-bond acceptors (Lipinski definition) is 3. The van der Waals surface area contributed by atoms with Gasteiger partial charge in [0.25, 0.3) is 0 Å². The summed E-state index contributed by atoms with van der Waals surface area (Å²) < 4.78 is 0. The van der Waals surface area contributed by atoms with Gasteiger partial charge in [0.15, 0.2) is 5.13 Å². The van der Waals surface area contributed by atoms with E-state index in [4.69, 9.17) is 34.8 Å². The van der Waals surface area contributed by atoms with Gasteiger partial charge in [-0.25, -0.2) is 4.98 Å². The highest BCUT2D eigenvalue weighted by molar-refractivity contribution is 7.13. The summed E-state index contributed by atoms with van der Waals surface area (Å²) in [4.78, 5) is 4.26. The topological polar surface area (TPSA) is 24.9 Å². The van der Waals surface area contributed by atoms with Crippen molar-refractivity contribution in [3.8, 4) is 0 Å². The smallest absolute Gasteiger partial charge is 0.187 e. The van der Waals surface area contributed by atoms with Crippen LogP contribution in [0.1, 0.15) is 5.69 Å². The van der Waals surface area contributed by atoms with E-state index in [2.05, 4.69) is 10.3 Å². The molecule has 0 fully saturated rings. The van der Waals surface area contributed by atoms with Crippen molar-refractivity contribution < 1.29 is 0 Å². The van der Waals surface area contributed by atoms with E-state index in [1.54, 1.807) is 18.2 Å². The molecule has 84 valence electrons. The monoisotopic (exact) mass is 292 g/mol. The van der Waals surface area contributed by atoms with E-state index in [-0.39, 0.29) is 0 Å². The predicted octanol–water partition coefficient (Wildman–Crippen LogP) is 4.93. The van der Waals surface area contributed by atoms with Gasteiger partial charge in [0.1, 0.15) is 0 Å². The van der Waals surface area contributed by atoms with E-state index in [0.717, 1.165) is 10.8 Å². The Morgan fingerprint density at radius 2 is 1.94 bits per heavy atom. The second kappa shape index (κ2) is 5.23. The zero-order chi connectivity index (χ0) is 11.5. The van der Waals surface area contributed by atoms with Crippen LogP contribution >= 0.6 is 46.1 Å². The minimum absolute atomic E-state index is 0.397. The van der Waals surface area contributed by atoms with E-state index in [0.29, 0.717) is 21.6 Å². The molecule has 0 radical (unpaired) electrons. The summed E-state index contributed by atoms with van der Waals surface area (Å²) in [6, 6.07) is 5.33. The third-order valence-corrected chi connectivity index (χ3v) is 3.59. The van der Waals surface area contributed by atoms with Crippen LogP contribution in [0, 0.1) is 0 Å². The molecule has 2 rings (SSSR count). The molecule has 1 N–H and O–H groups in total. The van der Waals surface area contributed by atoms with Crippen LogP contribution in [0.4, 0.5) is 10.8 Å². The highest BCUT2D eigenvalue weighted by Crippen LogP contribution is 2.33. The van der Waals surface area contributed by atoms with Gasteiger partial charge in [0.2, 0.25) is 0 Å². The van der Waals surface area contributed by atoms with Gasteiger partial charge in [-0.3, -0.25) is 0 Å². The molecule has 0 bridgehead atoms. The second-order valence-electron chi connectivity index (χ2n) is 3.00. The Bertz CT molecular complexity index is 478. The van der Waals surface area contributed by atoms with Gasteiger partial charge in [-0.2, -0.15) is 0 Å². The Morgan fingerprint density at radius 3 is 2.50 bits per heavy atom. The summed E-state index contributed by atoms with van der Waals surface area (Å²) in [6.45, 7) is 0. The lowest BCUT2D eigenvalue weighted by Gasteiger charge is -2.06. The molecule has 6 heteroatoms. The zero-order valence-corrected chi connectivity index (χ0v) is 11.1. The number of halogens is 3. The molecular formula is C10H7Cl3N2S. The molecule has 1 aromatic carbocycles. The molecule has 0 saturated heterocycles. The average Bonchev–Trinajstić information content (AvgIpc) is 2.71. The number of thiazole rings is 1. The van der Waals surface area contributed by atoms with Crippen molar-refractivity contribution in [1.82, 2.24) is 4.98 Å². The zero-order valence-electron chi connectivity index (χ0n) is 8.01. The first-order valence-corrected chi connectivity index (χ1v) is 6.59. The molecular weight excluding hydrogens is 287 g/mol. The fourth-order valence-corrected chi connectivity index (χ4v) is 2.58. The van der Waals surface area contributed by atoms with E-state index in [9.17, 15) is 0 Å². The molecule has 2 aromatic rings. The molecule has 0 amide bonds. The van der Waals surface area contributed by atoms with Crippen LogP contribution in [-0.4, -0.2) is 4.98 Å². The third kappa shape index (κ3) is 2.61. The van der Waals surface area contributed by atoms with Crippen LogP contribution in [-0.2, 0) is 5.88 Å². The molecule has 16 heavy (non-hydrogen) atoms. The third-order valence-electron chi connectivity index (χ3n) is 1.88. The van der Waals surface area contributed by atoms with Gasteiger partial charge in [-0.05, 0) is 12.1 Å². The van der Waals surface area contributed by atoms with Crippen molar-refractivity contribution in [1.29, 1.82) is 0 Å². The minimum atomic E-state index is 0.397. The summed E-state index contributed by atoms with van der Waals surface area (Å²) >= 11 is 19.2. The molecule has 0 atom stereocenters. The van der Waals surface area contributed by atoms with Crippen LogP contribution in [0.5, 0.6) is 0 Å². The quantitative estimate of drug-likeness (QED) is 0.811. The average molecular weight is 294 g/mol. The number of aromatic nitrogens is 1. The number of nitrogens with one attached hydrogen (secondary N) is 1. The van der Waals surface area contributed by atoms with E-state index in [1.807, 2.05) is 5.38 Å². The number of benzene rings is 1. The number of alkyl halides is 1. The van der Waals surface area contributed by atoms with E-state index < -0.39 is 0 Å². The van der Waals surface area contributed by atoms with Crippen LogP contribution in [0.3, 0.4) is 0 Å². The van der Waals surface area contributed by atoms with E-state index >= 15 is 0 Å². The lowest BCUT2D eigenvalue weighted by molar-refractivity contribution is 1.22. The minimum Gasteiger partial charge on any atom is -0.329 e. The normalized spacial score (nSPS) is 10.4. The Balaban J connectivity index is 2.26. The second-order valence-corrected chi connectivity index (χ2v) is 4.94. The van der Waals surface area contributed by atoms with Crippen molar-refractivity contribution in [2.24, 2.45) is 0 Å². The van der Waals surface area contributed by atoms with Gasteiger partial charge < -0.3 is 5.32 Å². The van der Waals surface area contributed by atoms with Crippen molar-refractivity contribution in [3.05, 3.63) is 39.3 Å². The number of hydrogen-bond donors (Lipinski definition) is 1. The molecule has 1 aromatic heterocycles. The van der Waals surface area contributed by atoms with E-state index in [1.165, 1.54) is 11.3 Å². The van der Waals surface area contributed by atoms with Crippen LogP contribution < -0.4 is 5.32 Å². The fraction of sp³-hybridized carbons (Fsp3) is 0.100. The van der Waals surface area contributed by atoms with Crippen LogP contribution in [0.2, 0.25) is 10.0 Å². The summed E-state index contributed by atoms with van der Waals surface area (Å²) in [6.07, 6.45) is 0. The Kier molecular flexibility index (Phi) is 3.92. The largest absolute Gasteiger partial charge is 0.329 e. The molecule has 1 heterocycles. The van der Waals surface area contributed by atoms with Crippen molar-refractivity contribution in [2.45, 2.75) is 5.88 Å². The highest BCUT2D eigenvalue weighted by atomic mass is 35.5. The summed E-state index contributed by atoms with van der Waals surface area (Å²) in [5.41, 5.74) is 1.50. The van der Waals surface area contributed by atoms with Crippen LogP contribution in [0.25, 0.3) is 0 Å². The number of para-hydroxylation sites is 1. The van der Waals surface area contributed by atoms with Crippen molar-refractivity contribution in [2.75, 3.05) is 5.32 Å². The first-order chi connectivity index (χ1) is 7.70. The van der Waals surface area contributed by atoms with Gasteiger partial charge in [0, 0.05) is 5.38 Å². The lowest BCUT2D eigenvalue weighted by Crippen LogP contribution is -1.92. The Labute approximate surface area is 112 Å². The standard InChI is InChI=1S/C10H7Cl3N2S/c11-4-6-5-16-10(14-6)15-9-7(12)2-1-3-8(9)13/h1-3,5H,4H2,(H,14,15). The maximum Gasteiger partial charge on any atom is 0.187 e. The van der Waals surface area contributed by atoms with Gasteiger partial charge in [0.05, 0.1) is 27.3 Å².